The number of halogens is 1. The van der Waals surface area contributed by atoms with Crippen molar-refractivity contribution < 1.29 is 13.9 Å². The van der Waals surface area contributed by atoms with Crippen molar-refractivity contribution in [3.8, 4) is 5.75 Å². The molecule has 0 saturated heterocycles. The highest BCUT2D eigenvalue weighted by Crippen LogP contribution is 2.27. The molecule has 3 rings (SSSR count). The van der Waals surface area contributed by atoms with Crippen molar-refractivity contribution in [1.29, 1.82) is 0 Å². The minimum atomic E-state index is -0.371. The molecule has 0 bridgehead atoms. The fourth-order valence-corrected chi connectivity index (χ4v) is 2.60. The van der Waals surface area contributed by atoms with Crippen LogP contribution in [0.25, 0.3) is 6.08 Å². The number of ether oxygens (including phenoxy) is 1. The van der Waals surface area contributed by atoms with Crippen molar-refractivity contribution in [3.05, 3.63) is 70.5 Å². The highest BCUT2D eigenvalue weighted by Gasteiger charge is 2.22. The average molecular weight is 282 g/mol. The molecule has 2 nitrogen and oxygen atoms in total. The summed E-state index contributed by atoms with van der Waals surface area (Å²) in [6.45, 7) is 0. The van der Waals surface area contributed by atoms with Gasteiger partial charge in [-0.3, -0.25) is 4.79 Å². The maximum absolute atomic E-state index is 13.3. The summed E-state index contributed by atoms with van der Waals surface area (Å²) in [6, 6.07) is 12.0. The van der Waals surface area contributed by atoms with Crippen LogP contribution in [0.4, 0.5) is 4.39 Å². The molecule has 0 spiro atoms. The van der Waals surface area contributed by atoms with Gasteiger partial charge in [-0.15, -0.1) is 0 Å². The summed E-state index contributed by atoms with van der Waals surface area (Å²) in [7, 11) is 1.61. The zero-order chi connectivity index (χ0) is 14.8. The number of carbonyl (C=O) groups is 1. The van der Waals surface area contributed by atoms with Gasteiger partial charge in [-0.2, -0.15) is 0 Å². The van der Waals surface area contributed by atoms with Gasteiger partial charge in [0, 0.05) is 11.1 Å². The molecule has 2 aromatic rings. The molecule has 0 N–H and O–H groups in total. The number of aryl methyl sites for hydroxylation is 1. The second-order valence-electron chi connectivity index (χ2n) is 5.08. The number of hydrogen-bond donors (Lipinski definition) is 0. The van der Waals surface area contributed by atoms with Gasteiger partial charge in [0.25, 0.3) is 0 Å². The van der Waals surface area contributed by atoms with Gasteiger partial charge >= 0.3 is 0 Å². The van der Waals surface area contributed by atoms with Crippen LogP contribution in [-0.2, 0) is 6.42 Å². The zero-order valence-corrected chi connectivity index (χ0v) is 11.7. The van der Waals surface area contributed by atoms with Crippen molar-refractivity contribution in [3.63, 3.8) is 0 Å². The van der Waals surface area contributed by atoms with E-state index in [1.54, 1.807) is 13.2 Å². The van der Waals surface area contributed by atoms with Crippen molar-refractivity contribution in [2.24, 2.45) is 0 Å². The first kappa shape index (κ1) is 13.6. The molecule has 0 unspecified atom stereocenters. The second kappa shape index (κ2) is 5.52. The van der Waals surface area contributed by atoms with Crippen LogP contribution in [0.5, 0.6) is 5.75 Å². The molecule has 3 heteroatoms. The third-order valence-corrected chi connectivity index (χ3v) is 3.71. The topological polar surface area (TPSA) is 26.3 Å². The molecule has 0 aromatic heterocycles. The van der Waals surface area contributed by atoms with Crippen molar-refractivity contribution >= 4 is 11.9 Å². The molecule has 21 heavy (non-hydrogen) atoms. The third-order valence-electron chi connectivity index (χ3n) is 3.71. The van der Waals surface area contributed by atoms with Crippen molar-refractivity contribution in [2.75, 3.05) is 7.11 Å². The minimum Gasteiger partial charge on any atom is -0.497 e. The van der Waals surface area contributed by atoms with Crippen LogP contribution in [0.2, 0.25) is 0 Å². The number of fused-ring (bicyclic) bond motifs is 1. The summed E-state index contributed by atoms with van der Waals surface area (Å²) in [5, 5.41) is 0. The van der Waals surface area contributed by atoms with Crippen molar-refractivity contribution in [1.82, 2.24) is 0 Å². The normalized spacial score (nSPS) is 15.9. The van der Waals surface area contributed by atoms with E-state index in [0.29, 0.717) is 17.6 Å². The standard InChI is InChI=1S/C18H15FO2/c1-21-16-4-2-3-12(10-16)9-14-6-5-13-7-8-15(19)11-17(13)18(14)20/h2-4,7-11H,5-6H2,1H3/b14-9+. The first-order valence-electron chi connectivity index (χ1n) is 6.85. The first-order chi connectivity index (χ1) is 10.2. The third kappa shape index (κ3) is 2.72. The number of methoxy groups -OCH3 is 1. The van der Waals surface area contributed by atoms with E-state index in [1.807, 2.05) is 30.3 Å². The van der Waals surface area contributed by atoms with Crippen LogP contribution >= 0.6 is 0 Å². The Kier molecular flexibility index (Phi) is 3.57. The molecule has 1 aliphatic carbocycles. The highest BCUT2D eigenvalue weighted by atomic mass is 19.1. The van der Waals surface area contributed by atoms with Crippen LogP contribution < -0.4 is 4.74 Å². The maximum Gasteiger partial charge on any atom is 0.189 e. The lowest BCUT2D eigenvalue weighted by molar-refractivity contribution is 0.102. The van der Waals surface area contributed by atoms with E-state index in [1.165, 1.54) is 12.1 Å². The predicted molar refractivity (Wildman–Crippen MR) is 80.0 cm³/mol. The highest BCUT2D eigenvalue weighted by molar-refractivity contribution is 6.13. The molecule has 0 heterocycles. The molecular formula is C18H15FO2. The summed E-state index contributed by atoms with van der Waals surface area (Å²) in [6.07, 6.45) is 3.30. The molecule has 0 radical (unpaired) electrons. The van der Waals surface area contributed by atoms with E-state index in [-0.39, 0.29) is 11.6 Å². The summed E-state index contributed by atoms with van der Waals surface area (Å²) >= 11 is 0. The summed E-state index contributed by atoms with van der Waals surface area (Å²) in [5.74, 6) is 0.294. The molecule has 0 aliphatic heterocycles. The summed E-state index contributed by atoms with van der Waals surface area (Å²) in [5.41, 5.74) is 3.03. The summed E-state index contributed by atoms with van der Waals surface area (Å²) in [4.78, 5) is 12.5. The van der Waals surface area contributed by atoms with Gasteiger partial charge in [-0.25, -0.2) is 4.39 Å². The summed E-state index contributed by atoms with van der Waals surface area (Å²) < 4.78 is 18.5. The molecule has 0 fully saturated rings. The molecule has 0 amide bonds. The first-order valence-corrected chi connectivity index (χ1v) is 6.85. The lowest BCUT2D eigenvalue weighted by Gasteiger charge is -2.17. The molecular weight excluding hydrogens is 267 g/mol. The van der Waals surface area contributed by atoms with E-state index in [4.69, 9.17) is 4.74 Å². The Morgan fingerprint density at radius 1 is 1.14 bits per heavy atom. The van der Waals surface area contributed by atoms with E-state index >= 15 is 0 Å². The van der Waals surface area contributed by atoms with Crippen LogP contribution in [0.1, 0.15) is 27.9 Å². The Morgan fingerprint density at radius 2 is 2.00 bits per heavy atom. The van der Waals surface area contributed by atoms with Crippen LogP contribution in [-0.4, -0.2) is 12.9 Å². The van der Waals surface area contributed by atoms with Gasteiger partial charge in [0.2, 0.25) is 0 Å². The number of carbonyl (C=O) groups excluding carboxylic acids is 1. The number of Topliss-reactive ketones (excluding diaryl/α,β-unsaturated/α-hetero) is 1. The zero-order valence-electron chi connectivity index (χ0n) is 11.7. The number of allylic oxidation sites excluding steroid dienone is 1. The van der Waals surface area contributed by atoms with Crippen LogP contribution in [0.15, 0.2) is 48.0 Å². The van der Waals surface area contributed by atoms with Gasteiger partial charge in [-0.05, 0) is 54.3 Å². The van der Waals surface area contributed by atoms with E-state index in [2.05, 4.69) is 0 Å². The Morgan fingerprint density at radius 3 is 2.81 bits per heavy atom. The van der Waals surface area contributed by atoms with Gasteiger partial charge in [0.05, 0.1) is 7.11 Å². The Balaban J connectivity index is 1.97. The predicted octanol–water partition coefficient (Wildman–Crippen LogP) is 4.05. The number of hydrogen-bond acceptors (Lipinski definition) is 2. The Bertz CT molecular complexity index is 732. The van der Waals surface area contributed by atoms with E-state index in [0.717, 1.165) is 23.3 Å². The van der Waals surface area contributed by atoms with E-state index in [9.17, 15) is 9.18 Å². The molecule has 0 saturated carbocycles. The second-order valence-corrected chi connectivity index (χ2v) is 5.08. The van der Waals surface area contributed by atoms with Crippen LogP contribution in [0.3, 0.4) is 0 Å². The van der Waals surface area contributed by atoms with E-state index < -0.39 is 0 Å². The smallest absolute Gasteiger partial charge is 0.189 e. The maximum atomic E-state index is 13.3. The molecule has 0 atom stereocenters. The molecule has 1 aliphatic rings. The fourth-order valence-electron chi connectivity index (χ4n) is 2.60. The lowest BCUT2D eigenvalue weighted by Crippen LogP contribution is -2.14. The fraction of sp³-hybridized carbons (Fsp3) is 0.167. The quantitative estimate of drug-likeness (QED) is 0.777. The lowest BCUT2D eigenvalue weighted by atomic mass is 9.86. The van der Waals surface area contributed by atoms with Gasteiger partial charge in [-0.1, -0.05) is 18.2 Å². The molecule has 106 valence electrons. The van der Waals surface area contributed by atoms with Gasteiger partial charge in [0.15, 0.2) is 5.78 Å². The van der Waals surface area contributed by atoms with Gasteiger partial charge < -0.3 is 4.74 Å². The number of ketones is 1. The minimum absolute atomic E-state index is 0.0847. The number of rotatable bonds is 2. The number of benzene rings is 2. The van der Waals surface area contributed by atoms with Crippen LogP contribution in [0, 0.1) is 5.82 Å². The van der Waals surface area contributed by atoms with Gasteiger partial charge in [0.1, 0.15) is 11.6 Å². The average Bonchev–Trinajstić information content (AvgIpc) is 2.51. The Labute approximate surface area is 122 Å². The monoisotopic (exact) mass is 282 g/mol. The largest absolute Gasteiger partial charge is 0.497 e. The molecule has 2 aromatic carbocycles. The van der Waals surface area contributed by atoms with Crippen molar-refractivity contribution in [2.45, 2.75) is 12.8 Å². The Hall–Kier alpha value is -2.42. The SMILES string of the molecule is COc1cccc(/C=C2\CCc3ccc(F)cc3C2=O)c1.